The van der Waals surface area contributed by atoms with Gasteiger partial charge < -0.3 is 5.11 Å². The van der Waals surface area contributed by atoms with Crippen molar-refractivity contribution >= 4 is 11.6 Å². The molecule has 4 heteroatoms. The molecule has 0 aliphatic heterocycles. The zero-order chi connectivity index (χ0) is 10.3. The average Bonchev–Trinajstić information content (AvgIpc) is 2.14. The van der Waals surface area contributed by atoms with Gasteiger partial charge in [0.1, 0.15) is 5.75 Å². The summed E-state index contributed by atoms with van der Waals surface area (Å²) < 4.78 is 12.9. The van der Waals surface area contributed by atoms with E-state index in [1.165, 1.54) is 18.2 Å². The number of benzene rings is 1. The summed E-state index contributed by atoms with van der Waals surface area (Å²) in [6, 6.07) is 4.04. The molecule has 1 aliphatic rings. The summed E-state index contributed by atoms with van der Waals surface area (Å²) in [6.07, 6.45) is 0.629. The minimum Gasteiger partial charge on any atom is -0.507 e. The van der Waals surface area contributed by atoms with E-state index >= 15 is 0 Å². The molecule has 0 fully saturated rings. The van der Waals surface area contributed by atoms with Crippen LogP contribution in [0.5, 0.6) is 5.75 Å². The van der Waals surface area contributed by atoms with Gasteiger partial charge in [-0.05, 0) is 6.07 Å². The highest BCUT2D eigenvalue weighted by Crippen LogP contribution is 2.28. The first-order valence-electron chi connectivity index (χ1n) is 3.89. The summed E-state index contributed by atoms with van der Waals surface area (Å²) in [4.78, 5) is 22.4. The Hall–Kier alpha value is -1.97. The zero-order valence-corrected chi connectivity index (χ0v) is 6.95. The smallest absolute Gasteiger partial charge is 0.225 e. The predicted molar refractivity (Wildman–Crippen MR) is 46.0 cm³/mol. The molecule has 1 N–H and O–H groups in total. The fourth-order valence-electron chi connectivity index (χ4n) is 1.36. The molecule has 0 bridgehead atoms. The Morgan fingerprint density at radius 3 is 2.64 bits per heavy atom. The summed E-state index contributed by atoms with van der Waals surface area (Å²) in [6.45, 7) is 0. The molecular formula is C10H5FO3. The number of hydrogen-bond donors (Lipinski definition) is 1. The van der Waals surface area contributed by atoms with Crippen molar-refractivity contribution in [3.8, 4) is 5.75 Å². The first-order chi connectivity index (χ1) is 6.61. The van der Waals surface area contributed by atoms with Gasteiger partial charge in [0.2, 0.25) is 5.78 Å². The van der Waals surface area contributed by atoms with Crippen molar-refractivity contribution in [1.82, 2.24) is 0 Å². The Balaban J connectivity index is 2.76. The molecule has 0 amide bonds. The van der Waals surface area contributed by atoms with Gasteiger partial charge in [-0.3, -0.25) is 9.59 Å². The van der Waals surface area contributed by atoms with Crippen LogP contribution in [0.4, 0.5) is 4.39 Å². The number of ketones is 2. The van der Waals surface area contributed by atoms with Crippen LogP contribution in [0, 0.1) is 0 Å². The first-order valence-corrected chi connectivity index (χ1v) is 3.89. The predicted octanol–water partition coefficient (Wildman–Crippen LogP) is 1.62. The van der Waals surface area contributed by atoms with Crippen molar-refractivity contribution in [2.75, 3.05) is 0 Å². The van der Waals surface area contributed by atoms with Gasteiger partial charge in [-0.2, -0.15) is 0 Å². The lowest BCUT2D eigenvalue weighted by Crippen LogP contribution is -2.14. The highest BCUT2D eigenvalue weighted by molar-refractivity contribution is 6.24. The van der Waals surface area contributed by atoms with Crippen molar-refractivity contribution in [2.24, 2.45) is 0 Å². The van der Waals surface area contributed by atoms with E-state index < -0.39 is 17.4 Å². The number of hydrogen-bond acceptors (Lipinski definition) is 3. The molecule has 0 unspecified atom stereocenters. The number of carbonyl (C=O) groups is 2. The summed E-state index contributed by atoms with van der Waals surface area (Å²) in [5.41, 5.74) is -0.214. The summed E-state index contributed by atoms with van der Waals surface area (Å²) in [7, 11) is 0. The summed E-state index contributed by atoms with van der Waals surface area (Å²) in [5.74, 6) is -3.06. The topological polar surface area (TPSA) is 54.4 Å². The van der Waals surface area contributed by atoms with Crippen LogP contribution in [0.15, 0.2) is 30.1 Å². The fourth-order valence-corrected chi connectivity index (χ4v) is 1.36. The number of Topliss-reactive ketones (excluding diaryl/α,β-unsaturated/α-hetero) is 1. The minimum absolute atomic E-state index is 0.0383. The van der Waals surface area contributed by atoms with Crippen LogP contribution in [0.1, 0.15) is 20.7 Å². The molecule has 14 heavy (non-hydrogen) atoms. The quantitative estimate of drug-likeness (QED) is 0.679. The molecule has 0 aromatic heterocycles. The van der Waals surface area contributed by atoms with Crippen LogP contribution in [-0.2, 0) is 0 Å². The fraction of sp³-hybridized carbons (Fsp3) is 0. The zero-order valence-electron chi connectivity index (χ0n) is 6.95. The molecule has 0 radical (unpaired) electrons. The highest BCUT2D eigenvalue weighted by atomic mass is 19.1. The lowest BCUT2D eigenvalue weighted by atomic mass is 9.93. The molecule has 3 nitrogen and oxygen atoms in total. The Labute approximate surface area is 78.5 Å². The number of allylic oxidation sites excluding steroid dienone is 2. The van der Waals surface area contributed by atoms with Gasteiger partial charge in [0.25, 0.3) is 0 Å². The average molecular weight is 192 g/mol. The van der Waals surface area contributed by atoms with E-state index in [1.807, 2.05) is 0 Å². The molecular weight excluding hydrogens is 187 g/mol. The maximum atomic E-state index is 12.9. The van der Waals surface area contributed by atoms with E-state index in [0.29, 0.717) is 6.08 Å². The molecule has 1 aromatic rings. The standard InChI is InChI=1S/C10H5FO3/c11-6-4-8(13)5-2-1-3-7(12)9(5)10(6)14/h1-4,12H. The third kappa shape index (κ3) is 1.04. The van der Waals surface area contributed by atoms with Gasteiger partial charge in [0.05, 0.1) is 5.56 Å². The maximum Gasteiger partial charge on any atom is 0.225 e. The van der Waals surface area contributed by atoms with Crippen LogP contribution in [0.25, 0.3) is 0 Å². The SMILES string of the molecule is O=C1C=C(F)C(=O)c2c(O)cccc21. The largest absolute Gasteiger partial charge is 0.507 e. The minimum atomic E-state index is -1.14. The Bertz CT molecular complexity index is 474. The van der Waals surface area contributed by atoms with E-state index in [1.54, 1.807) is 0 Å². The third-order valence-corrected chi connectivity index (χ3v) is 2.01. The lowest BCUT2D eigenvalue weighted by molar-refractivity contribution is 0.0960. The Kier molecular flexibility index (Phi) is 1.70. The van der Waals surface area contributed by atoms with Gasteiger partial charge in [0.15, 0.2) is 11.6 Å². The highest BCUT2D eigenvalue weighted by Gasteiger charge is 2.28. The summed E-state index contributed by atoms with van der Waals surface area (Å²) >= 11 is 0. The molecule has 0 saturated heterocycles. The van der Waals surface area contributed by atoms with E-state index in [2.05, 4.69) is 0 Å². The number of fused-ring (bicyclic) bond motifs is 1. The van der Waals surface area contributed by atoms with Crippen LogP contribution in [0.3, 0.4) is 0 Å². The number of phenolic OH excluding ortho intramolecular Hbond substituents is 1. The van der Waals surface area contributed by atoms with Gasteiger partial charge in [0, 0.05) is 11.6 Å². The van der Waals surface area contributed by atoms with Crippen molar-refractivity contribution in [2.45, 2.75) is 0 Å². The number of phenols is 1. The molecule has 2 rings (SSSR count). The molecule has 0 atom stereocenters. The second-order valence-corrected chi connectivity index (χ2v) is 2.89. The van der Waals surface area contributed by atoms with E-state index in [9.17, 15) is 19.1 Å². The van der Waals surface area contributed by atoms with Crippen molar-refractivity contribution in [3.63, 3.8) is 0 Å². The number of carbonyl (C=O) groups excluding carboxylic acids is 2. The van der Waals surface area contributed by atoms with Gasteiger partial charge >= 0.3 is 0 Å². The molecule has 70 valence electrons. The first kappa shape index (κ1) is 8.62. The molecule has 1 aromatic carbocycles. The molecule has 1 aliphatic carbocycles. The monoisotopic (exact) mass is 192 g/mol. The summed E-state index contributed by atoms with van der Waals surface area (Å²) in [5, 5.41) is 9.30. The van der Waals surface area contributed by atoms with Crippen molar-refractivity contribution in [1.29, 1.82) is 0 Å². The number of rotatable bonds is 0. The van der Waals surface area contributed by atoms with Crippen LogP contribution >= 0.6 is 0 Å². The number of halogens is 1. The van der Waals surface area contributed by atoms with Crippen LogP contribution < -0.4 is 0 Å². The van der Waals surface area contributed by atoms with E-state index in [-0.39, 0.29) is 16.9 Å². The molecule has 0 spiro atoms. The van der Waals surface area contributed by atoms with Crippen molar-refractivity contribution < 1.29 is 19.1 Å². The molecule has 0 heterocycles. The second kappa shape index (κ2) is 2.77. The van der Waals surface area contributed by atoms with Crippen LogP contribution in [0.2, 0.25) is 0 Å². The maximum absolute atomic E-state index is 12.9. The lowest BCUT2D eigenvalue weighted by Gasteiger charge is -2.10. The van der Waals surface area contributed by atoms with E-state index in [4.69, 9.17) is 0 Å². The second-order valence-electron chi connectivity index (χ2n) is 2.89. The Morgan fingerprint density at radius 1 is 1.21 bits per heavy atom. The van der Waals surface area contributed by atoms with Gasteiger partial charge in [-0.15, -0.1) is 0 Å². The van der Waals surface area contributed by atoms with E-state index in [0.717, 1.165) is 0 Å². The number of aromatic hydroxyl groups is 1. The van der Waals surface area contributed by atoms with Gasteiger partial charge in [-0.1, -0.05) is 12.1 Å². The Morgan fingerprint density at radius 2 is 1.93 bits per heavy atom. The van der Waals surface area contributed by atoms with Crippen LogP contribution in [-0.4, -0.2) is 16.7 Å². The van der Waals surface area contributed by atoms with Crippen molar-refractivity contribution in [3.05, 3.63) is 41.2 Å². The van der Waals surface area contributed by atoms with Gasteiger partial charge in [-0.25, -0.2) is 4.39 Å². The third-order valence-electron chi connectivity index (χ3n) is 2.01. The molecule has 0 saturated carbocycles. The normalized spacial score (nSPS) is 15.1.